The molecule has 5 nitrogen and oxygen atoms in total. The first kappa shape index (κ1) is 23.8. The standard InChI is InChI=1S/C9H14N.C4H5F6O4P/c1-2-3-7-10-8-5-4-6-9-10;5-3(6,7)1-13-15(11,12)14-2-4(8,9)10/h4-6,8-9H,2-3,7H2,1H3;1-2H2,(H,11,12)/q+1;/p-1. The molecule has 0 saturated carbocycles. The van der Waals surface area contributed by atoms with Crippen molar-refractivity contribution in [2.45, 2.75) is 38.7 Å². The van der Waals surface area contributed by atoms with Crippen molar-refractivity contribution in [2.24, 2.45) is 0 Å². The fourth-order valence-electron chi connectivity index (χ4n) is 1.27. The molecule has 0 amide bonds. The van der Waals surface area contributed by atoms with E-state index in [1.54, 1.807) is 0 Å². The second-order valence-electron chi connectivity index (χ2n) is 4.69. The molecule has 0 radical (unpaired) electrons. The third-order valence-electron chi connectivity index (χ3n) is 2.32. The van der Waals surface area contributed by atoms with Gasteiger partial charge in [-0.05, 0) is 0 Å². The minimum atomic E-state index is -5.58. The normalized spacial score (nSPS) is 12.5. The highest BCUT2D eigenvalue weighted by molar-refractivity contribution is 7.45. The van der Waals surface area contributed by atoms with E-state index in [0.717, 1.165) is 6.54 Å². The lowest BCUT2D eigenvalue weighted by Gasteiger charge is -2.23. The summed E-state index contributed by atoms with van der Waals surface area (Å²) in [6.45, 7) is -1.10. The van der Waals surface area contributed by atoms with Gasteiger partial charge in [-0.15, -0.1) is 0 Å². The van der Waals surface area contributed by atoms with Gasteiger partial charge in [0.15, 0.2) is 25.6 Å². The molecule has 0 spiro atoms. The van der Waals surface area contributed by atoms with Crippen LogP contribution in [-0.2, 0) is 20.2 Å². The van der Waals surface area contributed by atoms with Crippen LogP contribution in [-0.4, -0.2) is 25.6 Å². The number of aryl methyl sites for hydroxylation is 1. The Balaban J connectivity index is 0.000000496. The molecule has 146 valence electrons. The van der Waals surface area contributed by atoms with Crippen molar-refractivity contribution in [3.05, 3.63) is 30.6 Å². The summed E-state index contributed by atoms with van der Waals surface area (Å²) in [6, 6.07) is 6.17. The van der Waals surface area contributed by atoms with Crippen molar-refractivity contribution in [3.63, 3.8) is 0 Å². The number of hydrogen-bond donors (Lipinski definition) is 0. The number of phosphoric ester groups is 1. The van der Waals surface area contributed by atoms with E-state index in [4.69, 9.17) is 0 Å². The Bertz CT molecular complexity index is 501. The molecule has 0 atom stereocenters. The number of aromatic nitrogens is 1. The fraction of sp³-hybridized carbons (Fsp3) is 0.615. The Morgan fingerprint density at radius 2 is 1.40 bits per heavy atom. The van der Waals surface area contributed by atoms with Crippen LogP contribution < -0.4 is 9.46 Å². The molecular weight excluding hydrogens is 379 g/mol. The van der Waals surface area contributed by atoms with Crippen LogP contribution in [0, 0.1) is 0 Å². The third kappa shape index (κ3) is 16.1. The van der Waals surface area contributed by atoms with Gasteiger partial charge in [-0.3, -0.25) is 4.57 Å². The quantitative estimate of drug-likeness (QED) is 0.402. The molecule has 0 fully saturated rings. The van der Waals surface area contributed by atoms with E-state index < -0.39 is 33.4 Å². The van der Waals surface area contributed by atoms with E-state index in [2.05, 4.69) is 45.1 Å². The second kappa shape index (κ2) is 10.7. The largest absolute Gasteiger partial charge is 0.756 e. The van der Waals surface area contributed by atoms with Gasteiger partial charge in [0, 0.05) is 18.6 Å². The van der Waals surface area contributed by atoms with Gasteiger partial charge in [-0.25, -0.2) is 4.57 Å². The fourth-order valence-corrected chi connectivity index (χ4v) is 1.95. The van der Waals surface area contributed by atoms with E-state index >= 15 is 0 Å². The maximum absolute atomic E-state index is 11.4. The van der Waals surface area contributed by atoms with E-state index in [1.165, 1.54) is 12.8 Å². The van der Waals surface area contributed by atoms with Crippen molar-refractivity contribution >= 4 is 7.82 Å². The van der Waals surface area contributed by atoms with Gasteiger partial charge in [0.25, 0.3) is 7.82 Å². The smallest absolute Gasteiger partial charge is 0.412 e. The number of hydrogen-bond acceptors (Lipinski definition) is 4. The molecule has 0 aromatic carbocycles. The Morgan fingerprint density at radius 1 is 0.960 bits per heavy atom. The summed E-state index contributed by atoms with van der Waals surface area (Å²) in [5, 5.41) is 0. The van der Waals surface area contributed by atoms with Crippen LogP contribution >= 0.6 is 7.82 Å². The third-order valence-corrected chi connectivity index (χ3v) is 3.21. The Labute approximate surface area is 140 Å². The summed E-state index contributed by atoms with van der Waals surface area (Å²) in [4.78, 5) is 10.3. The number of nitrogens with zero attached hydrogens (tertiary/aromatic N) is 1. The molecule has 12 heteroatoms. The van der Waals surface area contributed by atoms with Crippen LogP contribution in [0.25, 0.3) is 0 Å². The monoisotopic (exact) mass is 397 g/mol. The molecule has 0 saturated heterocycles. The topological polar surface area (TPSA) is 62.5 Å². The maximum atomic E-state index is 11.4. The summed E-state index contributed by atoms with van der Waals surface area (Å²) >= 11 is 0. The molecule has 25 heavy (non-hydrogen) atoms. The highest BCUT2D eigenvalue weighted by Gasteiger charge is 2.33. The van der Waals surface area contributed by atoms with E-state index in [1.807, 2.05) is 6.07 Å². The number of alkyl halides is 6. The molecular formula is C13H18F6NO4P. The zero-order valence-corrected chi connectivity index (χ0v) is 14.1. The van der Waals surface area contributed by atoms with Crippen molar-refractivity contribution in [1.82, 2.24) is 0 Å². The molecule has 0 N–H and O–H groups in total. The van der Waals surface area contributed by atoms with Crippen molar-refractivity contribution in [3.8, 4) is 0 Å². The highest BCUT2D eigenvalue weighted by Crippen LogP contribution is 2.41. The number of unbranched alkanes of at least 4 members (excludes halogenated alkanes) is 1. The molecule has 1 aromatic rings. The van der Waals surface area contributed by atoms with Crippen LogP contribution in [0.2, 0.25) is 0 Å². The van der Waals surface area contributed by atoms with Gasteiger partial charge in [-0.2, -0.15) is 26.3 Å². The van der Waals surface area contributed by atoms with Gasteiger partial charge in [-0.1, -0.05) is 19.4 Å². The van der Waals surface area contributed by atoms with Crippen LogP contribution in [0.5, 0.6) is 0 Å². The Hall–Kier alpha value is -1.16. The van der Waals surface area contributed by atoms with Gasteiger partial charge in [0.05, 0.1) is 0 Å². The summed E-state index contributed by atoms with van der Waals surface area (Å²) in [6.07, 6.45) is -3.19. The first-order chi connectivity index (χ1) is 11.3. The molecule has 1 rings (SSSR count). The molecule has 0 aliphatic rings. The van der Waals surface area contributed by atoms with E-state index in [9.17, 15) is 35.8 Å². The molecule has 1 heterocycles. The summed E-state index contributed by atoms with van der Waals surface area (Å²) < 4.78 is 87.2. The van der Waals surface area contributed by atoms with Crippen LogP contribution in [0.3, 0.4) is 0 Å². The Morgan fingerprint density at radius 3 is 1.76 bits per heavy atom. The predicted octanol–water partition coefficient (Wildman–Crippen LogP) is 3.39. The van der Waals surface area contributed by atoms with E-state index in [-0.39, 0.29) is 0 Å². The maximum Gasteiger partial charge on any atom is 0.412 e. The summed E-state index contributed by atoms with van der Waals surface area (Å²) in [5.74, 6) is 0. The minimum Gasteiger partial charge on any atom is -0.756 e. The molecule has 0 bridgehead atoms. The van der Waals surface area contributed by atoms with Gasteiger partial charge < -0.3 is 13.9 Å². The van der Waals surface area contributed by atoms with Crippen molar-refractivity contribution in [1.29, 1.82) is 0 Å². The SMILES string of the molecule is CCCC[n+]1ccccc1.O=P([O-])(OCC(F)(F)F)OCC(F)(F)F. The number of pyridine rings is 1. The lowest BCUT2D eigenvalue weighted by molar-refractivity contribution is -0.697. The Kier molecular flexibility index (Phi) is 10.2. The molecule has 1 aromatic heterocycles. The summed E-state index contributed by atoms with van der Waals surface area (Å²) in [5.41, 5.74) is 0. The molecule has 0 aliphatic carbocycles. The molecule has 0 unspecified atom stereocenters. The van der Waals surface area contributed by atoms with E-state index in [0.29, 0.717) is 0 Å². The van der Waals surface area contributed by atoms with Gasteiger partial charge in [0.2, 0.25) is 0 Å². The zero-order valence-electron chi connectivity index (χ0n) is 13.2. The van der Waals surface area contributed by atoms with Gasteiger partial charge in [0.1, 0.15) is 6.54 Å². The van der Waals surface area contributed by atoms with Crippen molar-refractivity contribution < 1.29 is 49.4 Å². The number of rotatable bonds is 7. The lowest BCUT2D eigenvalue weighted by atomic mass is 10.3. The first-order valence-corrected chi connectivity index (χ1v) is 8.48. The second-order valence-corrected chi connectivity index (χ2v) is 6.10. The average molecular weight is 397 g/mol. The average Bonchev–Trinajstić information content (AvgIpc) is 2.50. The molecule has 0 aliphatic heterocycles. The predicted molar refractivity (Wildman–Crippen MR) is 73.2 cm³/mol. The summed E-state index contributed by atoms with van der Waals surface area (Å²) in [7, 11) is -5.58. The zero-order chi connectivity index (χ0) is 19.6. The highest BCUT2D eigenvalue weighted by atomic mass is 31.2. The van der Waals surface area contributed by atoms with Crippen LogP contribution in [0.1, 0.15) is 19.8 Å². The van der Waals surface area contributed by atoms with Gasteiger partial charge >= 0.3 is 12.4 Å². The first-order valence-electron chi connectivity index (χ1n) is 7.02. The minimum absolute atomic E-state index is 1.15. The van der Waals surface area contributed by atoms with Crippen LogP contribution in [0.4, 0.5) is 26.3 Å². The van der Waals surface area contributed by atoms with Crippen LogP contribution in [0.15, 0.2) is 30.6 Å². The number of phosphoric acid groups is 1. The van der Waals surface area contributed by atoms with Crippen molar-refractivity contribution in [2.75, 3.05) is 13.2 Å². The lowest BCUT2D eigenvalue weighted by Crippen LogP contribution is -2.31. The number of halogens is 6.